The number of halogens is 1. The van der Waals surface area contributed by atoms with Gasteiger partial charge in [0.2, 0.25) is 11.9 Å². The minimum Gasteiger partial charge on any atom is -0.361 e. The number of hydrogen-bond acceptors (Lipinski definition) is 4. The van der Waals surface area contributed by atoms with Crippen LogP contribution >= 0.6 is 11.6 Å². The van der Waals surface area contributed by atoms with E-state index in [1.807, 2.05) is 75.5 Å². The van der Waals surface area contributed by atoms with Gasteiger partial charge in [-0.2, -0.15) is 0 Å². The lowest BCUT2D eigenvalue weighted by Crippen LogP contribution is -2.35. The number of aliphatic imine (C=N–C) groups is 1. The van der Waals surface area contributed by atoms with Crippen LogP contribution in [-0.4, -0.2) is 33.4 Å². The van der Waals surface area contributed by atoms with Crippen LogP contribution in [0.1, 0.15) is 28.1 Å². The SMILES string of the molecule is Cc1cc(C)nc(NC(=NCCc2c[nH]c3ccc(Cl)cc23)NC(=O)/C=C/c2ccccc2C)n1. The van der Waals surface area contributed by atoms with Crippen LogP contribution in [0.25, 0.3) is 17.0 Å². The Morgan fingerprint density at radius 2 is 1.86 bits per heavy atom. The molecule has 0 radical (unpaired) electrons. The molecule has 4 rings (SSSR count). The van der Waals surface area contributed by atoms with E-state index in [1.165, 1.54) is 6.08 Å². The Bertz CT molecular complexity index is 1400. The zero-order valence-electron chi connectivity index (χ0n) is 19.9. The number of nitrogens with one attached hydrogen (secondary N) is 3. The summed E-state index contributed by atoms with van der Waals surface area (Å²) in [5.41, 5.74) is 5.82. The molecule has 0 aliphatic rings. The summed E-state index contributed by atoms with van der Waals surface area (Å²) in [7, 11) is 0. The molecule has 1 amide bonds. The Balaban J connectivity index is 1.51. The fourth-order valence-electron chi connectivity index (χ4n) is 3.74. The van der Waals surface area contributed by atoms with E-state index in [0.717, 1.165) is 39.0 Å². The van der Waals surface area contributed by atoms with Crippen molar-refractivity contribution in [3.05, 3.63) is 93.9 Å². The molecule has 0 bridgehead atoms. The maximum absolute atomic E-state index is 12.7. The lowest BCUT2D eigenvalue weighted by molar-refractivity contribution is -0.115. The molecular formula is C27H27ClN6O. The first-order valence-corrected chi connectivity index (χ1v) is 11.7. The van der Waals surface area contributed by atoms with Gasteiger partial charge in [-0.3, -0.25) is 20.4 Å². The quantitative estimate of drug-likeness (QED) is 0.194. The third kappa shape index (κ3) is 6.55. The first kappa shape index (κ1) is 24.2. The zero-order valence-corrected chi connectivity index (χ0v) is 20.6. The summed E-state index contributed by atoms with van der Waals surface area (Å²) in [6.07, 6.45) is 5.89. The molecule has 0 atom stereocenters. The van der Waals surface area contributed by atoms with Gasteiger partial charge in [-0.1, -0.05) is 35.9 Å². The average Bonchev–Trinajstić information content (AvgIpc) is 3.20. The minimum absolute atomic E-state index is 0.285. The first-order chi connectivity index (χ1) is 16.9. The highest BCUT2D eigenvalue weighted by molar-refractivity contribution is 6.31. The Labute approximate surface area is 209 Å². The van der Waals surface area contributed by atoms with Gasteiger partial charge < -0.3 is 4.98 Å². The number of carbonyl (C=O) groups excluding carboxylic acids is 1. The van der Waals surface area contributed by atoms with E-state index in [4.69, 9.17) is 11.6 Å². The van der Waals surface area contributed by atoms with Crippen molar-refractivity contribution in [3.63, 3.8) is 0 Å². The fraction of sp³-hybridized carbons (Fsp3) is 0.185. The summed E-state index contributed by atoms with van der Waals surface area (Å²) >= 11 is 6.17. The molecule has 0 unspecified atom stereocenters. The predicted octanol–water partition coefficient (Wildman–Crippen LogP) is 5.38. The number of amides is 1. The van der Waals surface area contributed by atoms with Crippen molar-refractivity contribution in [1.29, 1.82) is 0 Å². The molecule has 3 N–H and O–H groups in total. The van der Waals surface area contributed by atoms with Crippen LogP contribution in [0.5, 0.6) is 0 Å². The van der Waals surface area contributed by atoms with E-state index >= 15 is 0 Å². The second kappa shape index (κ2) is 11.0. The number of H-pyrrole nitrogens is 1. The number of aryl methyl sites for hydroxylation is 3. The number of rotatable bonds is 6. The van der Waals surface area contributed by atoms with Crippen LogP contribution in [0.15, 0.2) is 65.8 Å². The van der Waals surface area contributed by atoms with Crippen LogP contribution in [0.2, 0.25) is 5.02 Å². The van der Waals surface area contributed by atoms with Crippen molar-refractivity contribution in [1.82, 2.24) is 20.3 Å². The van der Waals surface area contributed by atoms with Crippen molar-refractivity contribution < 1.29 is 4.79 Å². The van der Waals surface area contributed by atoms with Crippen molar-refractivity contribution in [3.8, 4) is 0 Å². The number of hydrogen-bond donors (Lipinski definition) is 3. The Hall–Kier alpha value is -3.97. The Morgan fingerprint density at radius 3 is 2.63 bits per heavy atom. The zero-order chi connectivity index (χ0) is 24.8. The van der Waals surface area contributed by atoms with Gasteiger partial charge in [0, 0.05) is 46.1 Å². The molecular weight excluding hydrogens is 460 g/mol. The van der Waals surface area contributed by atoms with E-state index in [1.54, 1.807) is 6.08 Å². The lowest BCUT2D eigenvalue weighted by atomic mass is 10.1. The summed E-state index contributed by atoms with van der Waals surface area (Å²) < 4.78 is 0. The van der Waals surface area contributed by atoms with E-state index in [-0.39, 0.29) is 11.9 Å². The number of fused-ring (bicyclic) bond motifs is 1. The molecule has 0 fully saturated rings. The van der Waals surface area contributed by atoms with E-state index in [0.29, 0.717) is 23.9 Å². The van der Waals surface area contributed by atoms with Crippen LogP contribution in [0, 0.1) is 20.8 Å². The monoisotopic (exact) mass is 486 g/mol. The number of aromatic amines is 1. The highest BCUT2D eigenvalue weighted by atomic mass is 35.5. The van der Waals surface area contributed by atoms with Gasteiger partial charge in [0.05, 0.1) is 0 Å². The van der Waals surface area contributed by atoms with Crippen LogP contribution < -0.4 is 10.6 Å². The van der Waals surface area contributed by atoms with Gasteiger partial charge in [0.25, 0.3) is 5.91 Å². The van der Waals surface area contributed by atoms with Gasteiger partial charge in [0.15, 0.2) is 0 Å². The number of nitrogens with zero attached hydrogens (tertiary/aromatic N) is 3. The summed E-state index contributed by atoms with van der Waals surface area (Å²) in [4.78, 5) is 29.4. The molecule has 35 heavy (non-hydrogen) atoms. The smallest absolute Gasteiger partial charge is 0.250 e. The van der Waals surface area contributed by atoms with Crippen LogP contribution in [0.4, 0.5) is 5.95 Å². The molecule has 8 heteroatoms. The maximum Gasteiger partial charge on any atom is 0.250 e. The maximum atomic E-state index is 12.7. The standard InChI is InChI=1S/C27H27ClN6O/c1-17-6-4-5-7-20(17)8-11-25(35)33-26(34-27-31-18(2)14-19(3)32-27)29-13-12-21-16-30-24-10-9-22(28)15-23(21)24/h4-11,14-16,30H,12-13H2,1-3H3,(H2,29,31,32,33,34,35)/b11-8+. The molecule has 0 aliphatic carbocycles. The number of aromatic nitrogens is 3. The highest BCUT2D eigenvalue weighted by Gasteiger charge is 2.09. The summed E-state index contributed by atoms with van der Waals surface area (Å²) in [5.74, 6) is 0.360. The Kier molecular flexibility index (Phi) is 7.57. The van der Waals surface area contributed by atoms with Gasteiger partial charge in [-0.05, 0) is 74.2 Å². The second-order valence-corrected chi connectivity index (χ2v) is 8.70. The molecule has 0 aliphatic heterocycles. The number of carbonyl (C=O) groups is 1. The summed E-state index contributed by atoms with van der Waals surface area (Å²) in [6.45, 7) is 6.22. The van der Waals surface area contributed by atoms with E-state index in [2.05, 4.69) is 30.6 Å². The molecule has 2 aromatic heterocycles. The molecule has 7 nitrogen and oxygen atoms in total. The van der Waals surface area contributed by atoms with Crippen LogP contribution in [0.3, 0.4) is 0 Å². The molecule has 2 heterocycles. The molecule has 178 valence electrons. The van der Waals surface area contributed by atoms with Crippen molar-refractivity contribution in [2.45, 2.75) is 27.2 Å². The number of benzene rings is 2. The summed E-state index contributed by atoms with van der Waals surface area (Å²) in [6, 6.07) is 15.5. The van der Waals surface area contributed by atoms with Crippen molar-refractivity contribution in [2.24, 2.45) is 4.99 Å². The molecule has 4 aromatic rings. The normalized spacial score (nSPS) is 11.8. The van der Waals surface area contributed by atoms with Crippen molar-refractivity contribution in [2.75, 3.05) is 11.9 Å². The van der Waals surface area contributed by atoms with Crippen molar-refractivity contribution >= 4 is 46.4 Å². The van der Waals surface area contributed by atoms with E-state index < -0.39 is 0 Å². The van der Waals surface area contributed by atoms with Gasteiger partial charge in [0.1, 0.15) is 0 Å². The number of guanidine groups is 1. The second-order valence-electron chi connectivity index (χ2n) is 8.26. The van der Waals surface area contributed by atoms with Gasteiger partial charge in [-0.15, -0.1) is 0 Å². The first-order valence-electron chi connectivity index (χ1n) is 11.3. The van der Waals surface area contributed by atoms with Gasteiger partial charge in [-0.25, -0.2) is 9.97 Å². The van der Waals surface area contributed by atoms with Crippen LogP contribution in [-0.2, 0) is 11.2 Å². The molecule has 0 spiro atoms. The minimum atomic E-state index is -0.303. The predicted molar refractivity (Wildman–Crippen MR) is 143 cm³/mol. The average molecular weight is 487 g/mol. The molecule has 0 saturated carbocycles. The van der Waals surface area contributed by atoms with E-state index in [9.17, 15) is 4.79 Å². The summed E-state index contributed by atoms with van der Waals surface area (Å²) in [5, 5.41) is 7.63. The third-order valence-corrected chi connectivity index (χ3v) is 5.67. The number of anilines is 1. The fourth-order valence-corrected chi connectivity index (χ4v) is 3.91. The third-order valence-electron chi connectivity index (χ3n) is 5.44. The molecule has 2 aromatic carbocycles. The topological polar surface area (TPSA) is 95.1 Å². The van der Waals surface area contributed by atoms with Gasteiger partial charge >= 0.3 is 0 Å². The molecule has 0 saturated heterocycles. The Morgan fingerprint density at radius 1 is 1.09 bits per heavy atom. The largest absolute Gasteiger partial charge is 0.361 e. The highest BCUT2D eigenvalue weighted by Crippen LogP contribution is 2.22. The lowest BCUT2D eigenvalue weighted by Gasteiger charge is -2.10.